The zero-order valence-electron chi connectivity index (χ0n) is 16.7. The minimum absolute atomic E-state index is 0.192. The molecule has 1 N–H and O–H groups in total. The fourth-order valence-corrected chi connectivity index (χ4v) is 6.09. The molecule has 1 aliphatic carbocycles. The van der Waals surface area contributed by atoms with E-state index in [-0.39, 0.29) is 11.9 Å². The average Bonchev–Trinajstić information content (AvgIpc) is 3.36. The molecule has 3 unspecified atom stereocenters. The van der Waals surface area contributed by atoms with E-state index in [9.17, 15) is 4.79 Å². The van der Waals surface area contributed by atoms with Gasteiger partial charge in [-0.15, -0.1) is 11.3 Å². The number of aryl methyl sites for hydroxylation is 1. The number of hydrogen-bond acceptors (Lipinski definition) is 3. The van der Waals surface area contributed by atoms with Crippen LogP contribution in [0.5, 0.6) is 0 Å². The number of rotatable bonds is 2. The van der Waals surface area contributed by atoms with E-state index in [1.807, 2.05) is 17.4 Å². The number of allylic oxidation sites excluding steroid dienone is 2. The van der Waals surface area contributed by atoms with Crippen LogP contribution in [0.2, 0.25) is 0 Å². The summed E-state index contributed by atoms with van der Waals surface area (Å²) in [5, 5.41) is 3.82. The normalized spacial score (nSPS) is 26.6. The summed E-state index contributed by atoms with van der Waals surface area (Å²) in [6.45, 7) is 6.21. The van der Waals surface area contributed by atoms with E-state index in [4.69, 9.17) is 0 Å². The molecule has 1 aromatic carbocycles. The van der Waals surface area contributed by atoms with Gasteiger partial charge in [-0.05, 0) is 61.8 Å². The molecule has 3 heterocycles. The minimum Gasteiger partial charge on any atom is -0.376 e. The molecule has 1 fully saturated rings. The van der Waals surface area contributed by atoms with Crippen LogP contribution in [0.1, 0.15) is 63.8 Å². The van der Waals surface area contributed by atoms with Crippen molar-refractivity contribution in [3.05, 3.63) is 63.4 Å². The number of likely N-dealkylation sites (tertiary alicyclic amines) is 1. The number of piperidine rings is 1. The smallest absolute Gasteiger partial charge is 0.255 e. The molecule has 2 aromatic rings. The van der Waals surface area contributed by atoms with Crippen LogP contribution in [0.15, 0.2) is 42.5 Å². The van der Waals surface area contributed by atoms with Crippen LogP contribution < -0.4 is 5.32 Å². The number of nitrogens with zero attached hydrogens (tertiary/aromatic N) is 1. The summed E-state index contributed by atoms with van der Waals surface area (Å²) in [5.74, 6) is 1.85. The van der Waals surface area contributed by atoms with Gasteiger partial charge in [0.1, 0.15) is 0 Å². The van der Waals surface area contributed by atoms with Crippen molar-refractivity contribution in [2.45, 2.75) is 45.1 Å². The molecule has 28 heavy (non-hydrogen) atoms. The first kappa shape index (κ1) is 18.0. The van der Waals surface area contributed by atoms with Crippen molar-refractivity contribution in [2.24, 2.45) is 11.8 Å². The third-order valence-electron chi connectivity index (χ3n) is 6.77. The second kappa shape index (κ2) is 7.07. The van der Waals surface area contributed by atoms with Crippen LogP contribution >= 0.6 is 11.3 Å². The molecular formula is C24H28N2OS. The van der Waals surface area contributed by atoms with Gasteiger partial charge in [-0.1, -0.05) is 31.2 Å². The molecular weight excluding hydrogens is 364 g/mol. The standard InChI is InChI=1S/C24H28N2OS/c1-15-11-13-26(14-12-15)24(27)20-8-4-6-18-17-5-3-7-19(17)23(25-22(18)20)21-10-9-16(2)28-21/h3-6,8-10,15,17,19,23,25H,7,11-14H2,1-2H3. The van der Waals surface area contributed by atoms with E-state index in [0.717, 1.165) is 49.5 Å². The Kier molecular flexibility index (Phi) is 4.54. The van der Waals surface area contributed by atoms with Crippen LogP contribution in [0, 0.1) is 18.8 Å². The van der Waals surface area contributed by atoms with E-state index >= 15 is 0 Å². The number of carbonyl (C=O) groups is 1. The summed E-state index contributed by atoms with van der Waals surface area (Å²) in [4.78, 5) is 18.2. The number of thiophene rings is 1. The molecule has 3 nitrogen and oxygen atoms in total. The molecule has 2 aliphatic heterocycles. The highest BCUT2D eigenvalue weighted by atomic mass is 32.1. The Morgan fingerprint density at radius 3 is 2.75 bits per heavy atom. The quantitative estimate of drug-likeness (QED) is 0.660. The van der Waals surface area contributed by atoms with E-state index in [2.05, 4.69) is 60.5 Å². The fourth-order valence-electron chi connectivity index (χ4n) is 5.08. The highest BCUT2D eigenvalue weighted by molar-refractivity contribution is 7.12. The zero-order chi connectivity index (χ0) is 19.3. The third kappa shape index (κ3) is 2.98. The summed E-state index contributed by atoms with van der Waals surface area (Å²) in [7, 11) is 0. The minimum atomic E-state index is 0.192. The van der Waals surface area contributed by atoms with Crippen molar-refractivity contribution in [1.29, 1.82) is 0 Å². The second-order valence-corrected chi connectivity index (χ2v) is 9.99. The topological polar surface area (TPSA) is 32.3 Å². The maximum Gasteiger partial charge on any atom is 0.255 e. The number of amides is 1. The van der Waals surface area contributed by atoms with Gasteiger partial charge in [0.2, 0.25) is 0 Å². The first-order chi connectivity index (χ1) is 13.6. The van der Waals surface area contributed by atoms with Gasteiger partial charge < -0.3 is 10.2 Å². The van der Waals surface area contributed by atoms with Crippen LogP contribution in [0.3, 0.4) is 0 Å². The van der Waals surface area contributed by atoms with Gasteiger partial charge in [0.25, 0.3) is 5.91 Å². The Morgan fingerprint density at radius 1 is 1.18 bits per heavy atom. The molecule has 1 saturated heterocycles. The molecule has 1 amide bonds. The summed E-state index contributed by atoms with van der Waals surface area (Å²) < 4.78 is 0. The number of carbonyl (C=O) groups excluding carboxylic acids is 1. The number of anilines is 1. The van der Waals surface area contributed by atoms with Crippen molar-refractivity contribution in [1.82, 2.24) is 4.90 Å². The van der Waals surface area contributed by atoms with E-state index in [1.165, 1.54) is 15.3 Å². The van der Waals surface area contributed by atoms with Crippen molar-refractivity contribution in [3.8, 4) is 0 Å². The van der Waals surface area contributed by atoms with Gasteiger partial charge in [-0.25, -0.2) is 0 Å². The Labute approximate surface area is 171 Å². The summed E-state index contributed by atoms with van der Waals surface area (Å²) in [5.41, 5.74) is 3.21. The van der Waals surface area contributed by atoms with Crippen LogP contribution in [-0.2, 0) is 0 Å². The van der Waals surface area contributed by atoms with E-state index in [1.54, 1.807) is 0 Å². The van der Waals surface area contributed by atoms with Gasteiger partial charge in [-0.2, -0.15) is 0 Å². The molecule has 0 bridgehead atoms. The van der Waals surface area contributed by atoms with Crippen LogP contribution in [0.4, 0.5) is 5.69 Å². The Bertz CT molecular complexity index is 922. The Balaban J connectivity index is 1.52. The highest BCUT2D eigenvalue weighted by Gasteiger charge is 2.40. The molecule has 0 spiro atoms. The fraction of sp³-hybridized carbons (Fsp3) is 0.458. The lowest BCUT2D eigenvalue weighted by molar-refractivity contribution is 0.0698. The van der Waals surface area contributed by atoms with E-state index in [0.29, 0.717) is 11.8 Å². The largest absolute Gasteiger partial charge is 0.376 e. The SMILES string of the molecule is Cc1ccc(C2Nc3c(C(=O)N4CCC(C)CC4)cccc3C3C=CCC32)s1. The highest BCUT2D eigenvalue weighted by Crippen LogP contribution is 2.51. The Hall–Kier alpha value is -2.07. The lowest BCUT2D eigenvalue weighted by atomic mass is 9.78. The zero-order valence-corrected chi connectivity index (χ0v) is 17.5. The van der Waals surface area contributed by atoms with Crippen molar-refractivity contribution >= 4 is 22.9 Å². The van der Waals surface area contributed by atoms with Crippen molar-refractivity contribution in [3.63, 3.8) is 0 Å². The van der Waals surface area contributed by atoms with E-state index < -0.39 is 0 Å². The number of benzene rings is 1. The molecule has 1 aromatic heterocycles. The molecule has 4 heteroatoms. The number of nitrogens with one attached hydrogen (secondary N) is 1. The van der Waals surface area contributed by atoms with Gasteiger partial charge in [-0.3, -0.25) is 4.79 Å². The molecule has 5 rings (SSSR count). The van der Waals surface area contributed by atoms with Gasteiger partial charge in [0.05, 0.1) is 17.3 Å². The molecule has 0 radical (unpaired) electrons. The number of para-hydroxylation sites is 1. The maximum absolute atomic E-state index is 13.4. The first-order valence-corrected chi connectivity index (χ1v) is 11.3. The number of fused-ring (bicyclic) bond motifs is 3. The number of hydrogen-bond donors (Lipinski definition) is 1. The molecule has 146 valence electrons. The van der Waals surface area contributed by atoms with Crippen molar-refractivity contribution < 1.29 is 4.79 Å². The summed E-state index contributed by atoms with van der Waals surface area (Å²) in [6.07, 6.45) is 7.99. The first-order valence-electron chi connectivity index (χ1n) is 10.5. The summed E-state index contributed by atoms with van der Waals surface area (Å²) >= 11 is 1.87. The monoisotopic (exact) mass is 392 g/mol. The lowest BCUT2D eigenvalue weighted by Gasteiger charge is -2.38. The third-order valence-corrected chi connectivity index (χ3v) is 7.85. The average molecular weight is 393 g/mol. The van der Waals surface area contributed by atoms with Gasteiger partial charge in [0, 0.05) is 28.8 Å². The predicted octanol–water partition coefficient (Wildman–Crippen LogP) is 5.76. The van der Waals surface area contributed by atoms with Gasteiger partial charge in [0.15, 0.2) is 0 Å². The summed E-state index contributed by atoms with van der Waals surface area (Å²) in [6, 6.07) is 11.0. The molecule has 3 aliphatic rings. The molecule has 0 saturated carbocycles. The van der Waals surface area contributed by atoms with Crippen molar-refractivity contribution in [2.75, 3.05) is 18.4 Å². The second-order valence-electron chi connectivity index (χ2n) is 8.67. The lowest BCUT2D eigenvalue weighted by Crippen LogP contribution is -2.39. The molecule has 3 atom stereocenters. The van der Waals surface area contributed by atoms with Gasteiger partial charge >= 0.3 is 0 Å². The maximum atomic E-state index is 13.4. The van der Waals surface area contributed by atoms with Crippen LogP contribution in [-0.4, -0.2) is 23.9 Å². The van der Waals surface area contributed by atoms with Crippen LogP contribution in [0.25, 0.3) is 0 Å². The Morgan fingerprint density at radius 2 is 2.00 bits per heavy atom. The predicted molar refractivity (Wildman–Crippen MR) is 116 cm³/mol.